The minimum atomic E-state index is -0.00504. The summed E-state index contributed by atoms with van der Waals surface area (Å²) in [7, 11) is 0. The molecule has 1 atom stereocenters. The Balaban J connectivity index is 1.90. The SMILES string of the molecule is CC1CCN(C2CCOC2=O)CC1. The number of piperidine rings is 1. The van der Waals surface area contributed by atoms with Crippen molar-refractivity contribution >= 4 is 5.97 Å². The maximum atomic E-state index is 11.3. The van der Waals surface area contributed by atoms with E-state index in [1.807, 2.05) is 0 Å². The molecule has 13 heavy (non-hydrogen) atoms. The van der Waals surface area contributed by atoms with Gasteiger partial charge in [0.25, 0.3) is 0 Å². The molecule has 2 fully saturated rings. The lowest BCUT2D eigenvalue weighted by atomic mass is 9.97. The van der Waals surface area contributed by atoms with Gasteiger partial charge in [-0.3, -0.25) is 9.69 Å². The van der Waals surface area contributed by atoms with Crippen LogP contribution < -0.4 is 0 Å². The number of ether oxygens (including phenoxy) is 1. The fraction of sp³-hybridized carbons (Fsp3) is 0.900. The molecule has 1 unspecified atom stereocenters. The number of likely N-dealkylation sites (tertiary alicyclic amines) is 1. The second-order valence-electron chi connectivity index (χ2n) is 4.19. The molecule has 0 saturated carbocycles. The van der Waals surface area contributed by atoms with Crippen molar-refractivity contribution in [2.45, 2.75) is 32.2 Å². The Kier molecular flexibility index (Phi) is 2.54. The van der Waals surface area contributed by atoms with Crippen molar-refractivity contribution in [1.82, 2.24) is 4.90 Å². The van der Waals surface area contributed by atoms with E-state index >= 15 is 0 Å². The molecular formula is C10H17NO2. The summed E-state index contributed by atoms with van der Waals surface area (Å²) < 4.78 is 4.96. The van der Waals surface area contributed by atoms with Gasteiger partial charge >= 0.3 is 5.97 Å². The van der Waals surface area contributed by atoms with Crippen LogP contribution in [0.4, 0.5) is 0 Å². The van der Waals surface area contributed by atoms with Crippen molar-refractivity contribution in [3.8, 4) is 0 Å². The van der Waals surface area contributed by atoms with E-state index < -0.39 is 0 Å². The van der Waals surface area contributed by atoms with Gasteiger partial charge in [0.1, 0.15) is 6.04 Å². The van der Waals surface area contributed by atoms with Crippen LogP contribution >= 0.6 is 0 Å². The summed E-state index contributed by atoms with van der Waals surface area (Å²) in [5.74, 6) is 0.822. The maximum absolute atomic E-state index is 11.3. The van der Waals surface area contributed by atoms with Crippen LogP contribution in [0.3, 0.4) is 0 Å². The molecule has 0 radical (unpaired) electrons. The van der Waals surface area contributed by atoms with Gasteiger partial charge in [0.15, 0.2) is 0 Å². The highest BCUT2D eigenvalue weighted by molar-refractivity contribution is 5.77. The largest absolute Gasteiger partial charge is 0.464 e. The summed E-state index contributed by atoms with van der Waals surface area (Å²) in [6, 6.07) is 0.0764. The van der Waals surface area contributed by atoms with E-state index in [-0.39, 0.29) is 12.0 Å². The molecule has 0 N–H and O–H groups in total. The summed E-state index contributed by atoms with van der Waals surface area (Å²) in [6.07, 6.45) is 3.35. The van der Waals surface area contributed by atoms with Crippen molar-refractivity contribution < 1.29 is 9.53 Å². The van der Waals surface area contributed by atoms with Gasteiger partial charge in [-0.2, -0.15) is 0 Å². The van der Waals surface area contributed by atoms with E-state index in [1.54, 1.807) is 0 Å². The molecule has 2 aliphatic heterocycles. The van der Waals surface area contributed by atoms with E-state index in [2.05, 4.69) is 11.8 Å². The second kappa shape index (κ2) is 3.66. The van der Waals surface area contributed by atoms with Crippen molar-refractivity contribution in [3.63, 3.8) is 0 Å². The number of nitrogens with zero attached hydrogens (tertiary/aromatic N) is 1. The standard InChI is InChI=1S/C10H17NO2/c1-8-2-5-11(6-3-8)9-4-7-13-10(9)12/h8-9H,2-7H2,1H3. The fourth-order valence-corrected chi connectivity index (χ4v) is 2.16. The predicted molar refractivity (Wildman–Crippen MR) is 49.3 cm³/mol. The smallest absolute Gasteiger partial charge is 0.323 e. The molecule has 0 bridgehead atoms. The van der Waals surface area contributed by atoms with Gasteiger partial charge in [-0.15, -0.1) is 0 Å². The van der Waals surface area contributed by atoms with Crippen LogP contribution in [0.5, 0.6) is 0 Å². The molecule has 3 nitrogen and oxygen atoms in total. The summed E-state index contributed by atoms with van der Waals surface area (Å²) in [5.41, 5.74) is 0. The first-order chi connectivity index (χ1) is 6.27. The average molecular weight is 183 g/mol. The first-order valence-electron chi connectivity index (χ1n) is 5.18. The van der Waals surface area contributed by atoms with E-state index in [4.69, 9.17) is 4.74 Å². The van der Waals surface area contributed by atoms with Gasteiger partial charge in [-0.1, -0.05) is 6.92 Å². The molecule has 2 heterocycles. The van der Waals surface area contributed by atoms with E-state index in [1.165, 1.54) is 12.8 Å². The lowest BCUT2D eigenvalue weighted by molar-refractivity contribution is -0.142. The number of hydrogen-bond acceptors (Lipinski definition) is 3. The number of cyclic esters (lactones) is 1. The van der Waals surface area contributed by atoms with Gasteiger partial charge in [-0.25, -0.2) is 0 Å². The molecule has 74 valence electrons. The van der Waals surface area contributed by atoms with Gasteiger partial charge in [0, 0.05) is 6.42 Å². The molecular weight excluding hydrogens is 166 g/mol. The third kappa shape index (κ3) is 1.85. The Morgan fingerprint density at radius 3 is 2.54 bits per heavy atom. The van der Waals surface area contributed by atoms with Crippen LogP contribution in [-0.4, -0.2) is 36.6 Å². The second-order valence-corrected chi connectivity index (χ2v) is 4.19. The van der Waals surface area contributed by atoms with Crippen LogP contribution in [0, 0.1) is 5.92 Å². The average Bonchev–Trinajstić information content (AvgIpc) is 2.53. The lowest BCUT2D eigenvalue weighted by Crippen LogP contribution is -2.43. The number of hydrogen-bond donors (Lipinski definition) is 0. The first-order valence-corrected chi connectivity index (χ1v) is 5.18. The molecule has 0 aromatic heterocycles. The van der Waals surface area contributed by atoms with Gasteiger partial charge < -0.3 is 4.74 Å². The molecule has 3 heteroatoms. The number of esters is 1. The zero-order valence-electron chi connectivity index (χ0n) is 8.16. The quantitative estimate of drug-likeness (QED) is 0.569. The van der Waals surface area contributed by atoms with Crippen molar-refractivity contribution in [3.05, 3.63) is 0 Å². The molecule has 0 aromatic carbocycles. The lowest BCUT2D eigenvalue weighted by Gasteiger charge is -2.32. The summed E-state index contributed by atoms with van der Waals surface area (Å²) in [6.45, 7) is 5.04. The van der Waals surface area contributed by atoms with Crippen LogP contribution in [0.1, 0.15) is 26.2 Å². The first kappa shape index (κ1) is 9.00. The normalized spacial score (nSPS) is 32.1. The van der Waals surface area contributed by atoms with Crippen molar-refractivity contribution in [2.75, 3.05) is 19.7 Å². The highest BCUT2D eigenvalue weighted by atomic mass is 16.5. The van der Waals surface area contributed by atoms with Gasteiger partial charge in [-0.05, 0) is 31.8 Å². The minimum Gasteiger partial charge on any atom is -0.464 e. The topological polar surface area (TPSA) is 29.5 Å². The Bertz CT molecular complexity index is 197. The summed E-state index contributed by atoms with van der Waals surface area (Å²) >= 11 is 0. The van der Waals surface area contributed by atoms with E-state index in [0.717, 1.165) is 25.4 Å². The maximum Gasteiger partial charge on any atom is 0.323 e. The van der Waals surface area contributed by atoms with Crippen LogP contribution in [0.15, 0.2) is 0 Å². The monoisotopic (exact) mass is 183 g/mol. The van der Waals surface area contributed by atoms with Crippen LogP contribution in [0.2, 0.25) is 0 Å². The number of carbonyl (C=O) groups is 1. The Morgan fingerprint density at radius 1 is 1.31 bits per heavy atom. The Morgan fingerprint density at radius 2 is 2.00 bits per heavy atom. The predicted octanol–water partition coefficient (Wildman–Crippen LogP) is 1.03. The molecule has 0 amide bonds. The number of carbonyl (C=O) groups excluding carboxylic acids is 1. The van der Waals surface area contributed by atoms with Gasteiger partial charge in [0.2, 0.25) is 0 Å². The van der Waals surface area contributed by atoms with Crippen LogP contribution in [-0.2, 0) is 9.53 Å². The fourth-order valence-electron chi connectivity index (χ4n) is 2.16. The van der Waals surface area contributed by atoms with Crippen molar-refractivity contribution in [1.29, 1.82) is 0 Å². The highest BCUT2D eigenvalue weighted by Crippen LogP contribution is 2.22. The zero-order chi connectivity index (χ0) is 9.26. The van der Waals surface area contributed by atoms with Crippen LogP contribution in [0.25, 0.3) is 0 Å². The number of rotatable bonds is 1. The third-order valence-electron chi connectivity index (χ3n) is 3.17. The molecule has 2 saturated heterocycles. The van der Waals surface area contributed by atoms with E-state index in [9.17, 15) is 4.79 Å². The molecule has 2 rings (SSSR count). The van der Waals surface area contributed by atoms with Gasteiger partial charge in [0.05, 0.1) is 6.61 Å². The summed E-state index contributed by atoms with van der Waals surface area (Å²) in [5, 5.41) is 0. The Hall–Kier alpha value is -0.570. The third-order valence-corrected chi connectivity index (χ3v) is 3.17. The molecule has 0 aromatic rings. The molecule has 0 aliphatic carbocycles. The summed E-state index contributed by atoms with van der Waals surface area (Å²) in [4.78, 5) is 13.6. The zero-order valence-corrected chi connectivity index (χ0v) is 8.16. The minimum absolute atomic E-state index is 0.00504. The molecule has 0 spiro atoms. The Labute approximate surface area is 79.0 Å². The molecule has 2 aliphatic rings. The van der Waals surface area contributed by atoms with Crippen molar-refractivity contribution in [2.24, 2.45) is 5.92 Å². The van der Waals surface area contributed by atoms with E-state index in [0.29, 0.717) is 6.61 Å². The highest BCUT2D eigenvalue weighted by Gasteiger charge is 2.33.